The quantitative estimate of drug-likeness (QED) is 0.488. The van der Waals surface area contributed by atoms with Crippen LogP contribution in [-0.4, -0.2) is 0 Å². The summed E-state index contributed by atoms with van der Waals surface area (Å²) in [5.41, 5.74) is 6.35. The third-order valence-electron chi connectivity index (χ3n) is 2.94. The number of nitrogens with two attached hydrogens (primary N) is 1. The van der Waals surface area contributed by atoms with Crippen LogP contribution in [0.2, 0.25) is 5.02 Å². The molecule has 1 atom stereocenters. The van der Waals surface area contributed by atoms with E-state index in [2.05, 4.69) is 47.1 Å². The average molecular weight is 373 g/mol. The second kappa shape index (κ2) is 6.02. The van der Waals surface area contributed by atoms with E-state index in [0.29, 0.717) is 0 Å². The number of hydrazine groups is 1. The summed E-state index contributed by atoms with van der Waals surface area (Å²) in [7, 11) is 0. The normalized spacial score (nSPS) is 12.4. The summed E-state index contributed by atoms with van der Waals surface area (Å²) in [6.07, 6.45) is 0. The number of halogens is 2. The number of rotatable bonds is 3. The van der Waals surface area contributed by atoms with Crippen molar-refractivity contribution in [2.75, 3.05) is 0 Å². The van der Waals surface area contributed by atoms with Crippen LogP contribution in [0.5, 0.6) is 0 Å². The van der Waals surface area contributed by atoms with Gasteiger partial charge in [0.2, 0.25) is 0 Å². The van der Waals surface area contributed by atoms with Gasteiger partial charge in [-0.2, -0.15) is 0 Å². The zero-order valence-corrected chi connectivity index (χ0v) is 12.9. The molecule has 0 aliphatic carbocycles. The SMILES string of the molecule is Cc1ccccc1C(NN)c1cc(Cl)ccc1I. The van der Waals surface area contributed by atoms with Crippen molar-refractivity contribution in [1.82, 2.24) is 5.43 Å². The van der Waals surface area contributed by atoms with Crippen LogP contribution in [0.25, 0.3) is 0 Å². The van der Waals surface area contributed by atoms with Gasteiger partial charge in [0.25, 0.3) is 0 Å². The molecule has 0 aliphatic heterocycles. The summed E-state index contributed by atoms with van der Waals surface area (Å²) in [4.78, 5) is 0. The van der Waals surface area contributed by atoms with Crippen molar-refractivity contribution >= 4 is 34.2 Å². The van der Waals surface area contributed by atoms with E-state index < -0.39 is 0 Å². The van der Waals surface area contributed by atoms with Gasteiger partial charge < -0.3 is 0 Å². The van der Waals surface area contributed by atoms with E-state index >= 15 is 0 Å². The van der Waals surface area contributed by atoms with E-state index in [9.17, 15) is 0 Å². The van der Waals surface area contributed by atoms with Crippen LogP contribution in [0.3, 0.4) is 0 Å². The fraction of sp³-hybridized carbons (Fsp3) is 0.143. The van der Waals surface area contributed by atoms with Crippen LogP contribution in [0, 0.1) is 10.5 Å². The molecule has 18 heavy (non-hydrogen) atoms. The molecule has 0 spiro atoms. The lowest BCUT2D eigenvalue weighted by Gasteiger charge is -2.20. The van der Waals surface area contributed by atoms with Crippen LogP contribution >= 0.6 is 34.2 Å². The summed E-state index contributed by atoms with van der Waals surface area (Å²) >= 11 is 8.37. The van der Waals surface area contributed by atoms with Gasteiger partial charge in [-0.25, -0.2) is 5.43 Å². The van der Waals surface area contributed by atoms with Gasteiger partial charge in [0, 0.05) is 8.59 Å². The molecule has 0 saturated carbocycles. The highest BCUT2D eigenvalue weighted by Crippen LogP contribution is 2.29. The first kappa shape index (κ1) is 13.8. The molecule has 1 unspecified atom stereocenters. The van der Waals surface area contributed by atoms with Crippen molar-refractivity contribution in [2.45, 2.75) is 13.0 Å². The predicted molar refractivity (Wildman–Crippen MR) is 84.5 cm³/mol. The van der Waals surface area contributed by atoms with Gasteiger partial charge in [-0.15, -0.1) is 0 Å². The summed E-state index contributed by atoms with van der Waals surface area (Å²) < 4.78 is 1.14. The molecule has 3 N–H and O–H groups in total. The average Bonchev–Trinajstić information content (AvgIpc) is 2.36. The standard InChI is InChI=1S/C14H14ClIN2/c1-9-4-2-3-5-11(9)14(18-17)12-8-10(15)6-7-13(12)16/h2-8,14,18H,17H2,1H3. The second-order valence-corrected chi connectivity index (χ2v) is 5.72. The molecule has 0 fully saturated rings. The number of hydrogen-bond acceptors (Lipinski definition) is 2. The molecule has 0 aromatic heterocycles. The van der Waals surface area contributed by atoms with Gasteiger partial charge in [0.1, 0.15) is 0 Å². The monoisotopic (exact) mass is 372 g/mol. The third kappa shape index (κ3) is 2.85. The maximum Gasteiger partial charge on any atom is 0.0723 e. The Bertz CT molecular complexity index is 557. The Hall–Kier alpha value is -0.620. The lowest BCUT2D eigenvalue weighted by atomic mass is 9.95. The van der Waals surface area contributed by atoms with Crippen molar-refractivity contribution in [3.63, 3.8) is 0 Å². The van der Waals surface area contributed by atoms with E-state index in [1.54, 1.807) is 0 Å². The molecular weight excluding hydrogens is 359 g/mol. The van der Waals surface area contributed by atoms with E-state index in [1.165, 1.54) is 11.1 Å². The number of benzene rings is 2. The number of aryl methyl sites for hydroxylation is 1. The van der Waals surface area contributed by atoms with Gasteiger partial charge in [-0.3, -0.25) is 5.84 Å². The molecule has 2 aromatic carbocycles. The summed E-state index contributed by atoms with van der Waals surface area (Å²) in [5, 5.41) is 0.722. The fourth-order valence-electron chi connectivity index (χ4n) is 1.99. The highest BCUT2D eigenvalue weighted by molar-refractivity contribution is 14.1. The van der Waals surface area contributed by atoms with E-state index in [0.717, 1.165) is 14.2 Å². The van der Waals surface area contributed by atoms with Crippen LogP contribution in [0.4, 0.5) is 0 Å². The Morgan fingerprint density at radius 3 is 2.56 bits per heavy atom. The Morgan fingerprint density at radius 2 is 1.89 bits per heavy atom. The Balaban J connectivity index is 2.52. The maximum atomic E-state index is 6.07. The van der Waals surface area contributed by atoms with Crippen LogP contribution in [0.1, 0.15) is 22.7 Å². The molecule has 0 aliphatic rings. The van der Waals surface area contributed by atoms with Gasteiger partial charge in [-0.1, -0.05) is 35.9 Å². The highest BCUT2D eigenvalue weighted by Gasteiger charge is 2.17. The second-order valence-electron chi connectivity index (χ2n) is 4.12. The van der Waals surface area contributed by atoms with E-state index in [-0.39, 0.29) is 6.04 Å². The van der Waals surface area contributed by atoms with Gasteiger partial charge in [-0.05, 0) is 64.4 Å². The molecule has 4 heteroatoms. The van der Waals surface area contributed by atoms with E-state index in [4.69, 9.17) is 17.4 Å². The molecule has 94 valence electrons. The molecule has 2 rings (SSSR count). The fourth-order valence-corrected chi connectivity index (χ4v) is 2.82. The highest BCUT2D eigenvalue weighted by atomic mass is 127. The molecule has 0 radical (unpaired) electrons. The molecule has 2 nitrogen and oxygen atoms in total. The van der Waals surface area contributed by atoms with Crippen LogP contribution < -0.4 is 11.3 Å². The van der Waals surface area contributed by atoms with Crippen molar-refractivity contribution < 1.29 is 0 Å². The predicted octanol–water partition coefficient (Wildman–Crippen LogP) is 3.81. The summed E-state index contributed by atoms with van der Waals surface area (Å²) in [5.74, 6) is 5.73. The smallest absolute Gasteiger partial charge is 0.0723 e. The minimum Gasteiger partial charge on any atom is -0.271 e. The molecule has 0 saturated heterocycles. The van der Waals surface area contributed by atoms with Gasteiger partial charge >= 0.3 is 0 Å². The van der Waals surface area contributed by atoms with E-state index in [1.807, 2.05) is 30.3 Å². The number of nitrogens with one attached hydrogen (secondary N) is 1. The van der Waals surface area contributed by atoms with Crippen molar-refractivity contribution in [2.24, 2.45) is 5.84 Å². The molecule has 0 bridgehead atoms. The Morgan fingerprint density at radius 1 is 1.17 bits per heavy atom. The lowest BCUT2D eigenvalue weighted by Crippen LogP contribution is -2.30. The summed E-state index contributed by atoms with van der Waals surface area (Å²) in [6.45, 7) is 2.08. The number of hydrogen-bond donors (Lipinski definition) is 2. The maximum absolute atomic E-state index is 6.07. The zero-order chi connectivity index (χ0) is 13.1. The topological polar surface area (TPSA) is 38.0 Å². The first-order valence-corrected chi connectivity index (χ1v) is 7.05. The Kier molecular flexibility index (Phi) is 4.61. The molecular formula is C14H14ClIN2. The van der Waals surface area contributed by atoms with Crippen molar-refractivity contribution in [3.05, 3.63) is 67.7 Å². The third-order valence-corrected chi connectivity index (χ3v) is 4.15. The van der Waals surface area contributed by atoms with Crippen LogP contribution in [-0.2, 0) is 0 Å². The first-order valence-electron chi connectivity index (χ1n) is 5.60. The van der Waals surface area contributed by atoms with Crippen LogP contribution in [0.15, 0.2) is 42.5 Å². The minimum atomic E-state index is -0.0446. The summed E-state index contributed by atoms with van der Waals surface area (Å²) in [6, 6.07) is 14.0. The molecule has 0 heterocycles. The molecule has 2 aromatic rings. The lowest BCUT2D eigenvalue weighted by molar-refractivity contribution is 0.631. The van der Waals surface area contributed by atoms with Gasteiger partial charge in [0.15, 0.2) is 0 Å². The minimum absolute atomic E-state index is 0.0446. The van der Waals surface area contributed by atoms with Crippen molar-refractivity contribution in [3.8, 4) is 0 Å². The zero-order valence-electron chi connectivity index (χ0n) is 9.95. The van der Waals surface area contributed by atoms with Crippen molar-refractivity contribution in [1.29, 1.82) is 0 Å². The first-order chi connectivity index (χ1) is 8.63. The van der Waals surface area contributed by atoms with Gasteiger partial charge in [0.05, 0.1) is 6.04 Å². The largest absolute Gasteiger partial charge is 0.271 e. The Labute approximate surface area is 126 Å². The molecule has 0 amide bonds.